The van der Waals surface area contributed by atoms with Gasteiger partial charge in [0.1, 0.15) is 16.4 Å². The second kappa shape index (κ2) is 9.99. The van der Waals surface area contributed by atoms with E-state index in [9.17, 15) is 16.8 Å². The number of nitrogens with one attached hydrogen (secondary N) is 1. The van der Waals surface area contributed by atoms with E-state index >= 15 is 0 Å². The van der Waals surface area contributed by atoms with Gasteiger partial charge in [0.15, 0.2) is 0 Å². The molecular formula is C21H28N2O6S2. The van der Waals surface area contributed by atoms with Crippen molar-refractivity contribution < 1.29 is 26.3 Å². The van der Waals surface area contributed by atoms with Crippen LogP contribution < -0.4 is 14.2 Å². The summed E-state index contributed by atoms with van der Waals surface area (Å²) in [7, 11) is -4.42. The van der Waals surface area contributed by atoms with Crippen molar-refractivity contribution in [2.24, 2.45) is 0 Å². The Balaban J connectivity index is 1.64. The van der Waals surface area contributed by atoms with Gasteiger partial charge in [0, 0.05) is 25.7 Å². The third-order valence-corrected chi connectivity index (χ3v) is 8.64. The normalized spacial score (nSPS) is 15.5. The highest BCUT2D eigenvalue weighted by Gasteiger charge is 2.25. The van der Waals surface area contributed by atoms with Crippen LogP contribution in [0.5, 0.6) is 11.5 Å². The molecule has 3 rings (SSSR count). The van der Waals surface area contributed by atoms with Crippen LogP contribution in [0.2, 0.25) is 0 Å². The summed E-state index contributed by atoms with van der Waals surface area (Å²) in [5, 5.41) is 0. The van der Waals surface area contributed by atoms with Gasteiger partial charge in [-0.05, 0) is 49.1 Å². The molecule has 31 heavy (non-hydrogen) atoms. The molecule has 0 aliphatic carbocycles. The molecule has 0 saturated carbocycles. The minimum atomic E-state index is -3.81. The van der Waals surface area contributed by atoms with Crippen molar-refractivity contribution in [1.29, 1.82) is 0 Å². The summed E-state index contributed by atoms with van der Waals surface area (Å²) < 4.78 is 65.2. The van der Waals surface area contributed by atoms with E-state index in [2.05, 4.69) is 4.72 Å². The van der Waals surface area contributed by atoms with Gasteiger partial charge >= 0.3 is 0 Å². The van der Waals surface area contributed by atoms with Crippen LogP contribution in [0.4, 0.5) is 0 Å². The fourth-order valence-corrected chi connectivity index (χ4v) is 6.21. The lowest BCUT2D eigenvalue weighted by Gasteiger charge is -2.25. The SMILES string of the molecule is COc1ccc(OC)c(S(=O)(=O)NCCc2ccc(S(=O)(=O)N3CCCCC3)cc2)c1. The number of rotatable bonds is 9. The van der Waals surface area contributed by atoms with Crippen LogP contribution in [0.1, 0.15) is 24.8 Å². The molecule has 170 valence electrons. The second-order valence-electron chi connectivity index (χ2n) is 7.27. The smallest absolute Gasteiger partial charge is 0.244 e. The highest BCUT2D eigenvalue weighted by Crippen LogP contribution is 2.28. The van der Waals surface area contributed by atoms with Gasteiger partial charge in [0.05, 0.1) is 19.1 Å². The standard InChI is InChI=1S/C21H28N2O6S2/c1-28-18-8-11-20(29-2)21(16-18)30(24,25)22-13-12-17-6-9-19(10-7-17)31(26,27)23-14-4-3-5-15-23/h6-11,16,22H,3-5,12-15H2,1-2H3. The summed E-state index contributed by atoms with van der Waals surface area (Å²) in [6.07, 6.45) is 3.24. The molecule has 1 aliphatic rings. The minimum Gasteiger partial charge on any atom is -0.497 e. The average molecular weight is 469 g/mol. The molecule has 2 aromatic rings. The molecule has 0 aromatic heterocycles. The van der Waals surface area contributed by atoms with Gasteiger partial charge in [-0.25, -0.2) is 21.6 Å². The van der Waals surface area contributed by atoms with Crippen LogP contribution in [-0.4, -0.2) is 55.0 Å². The van der Waals surface area contributed by atoms with Crippen molar-refractivity contribution in [3.8, 4) is 11.5 Å². The maximum absolute atomic E-state index is 12.7. The van der Waals surface area contributed by atoms with Crippen molar-refractivity contribution in [3.05, 3.63) is 48.0 Å². The average Bonchev–Trinajstić information content (AvgIpc) is 2.79. The van der Waals surface area contributed by atoms with E-state index in [1.54, 1.807) is 30.3 Å². The van der Waals surface area contributed by atoms with Gasteiger partial charge in [0.25, 0.3) is 0 Å². The van der Waals surface area contributed by atoms with Gasteiger partial charge in [-0.1, -0.05) is 18.6 Å². The molecule has 0 unspecified atom stereocenters. The first-order valence-corrected chi connectivity index (χ1v) is 13.0. The van der Waals surface area contributed by atoms with Gasteiger partial charge < -0.3 is 9.47 Å². The number of hydrogen-bond acceptors (Lipinski definition) is 6. The first-order chi connectivity index (χ1) is 14.8. The van der Waals surface area contributed by atoms with E-state index < -0.39 is 20.0 Å². The van der Waals surface area contributed by atoms with Crippen LogP contribution in [0.15, 0.2) is 52.3 Å². The summed E-state index contributed by atoms with van der Waals surface area (Å²) in [4.78, 5) is 0.261. The summed E-state index contributed by atoms with van der Waals surface area (Å²) >= 11 is 0. The quantitative estimate of drug-likeness (QED) is 0.606. The van der Waals surface area contributed by atoms with Crippen molar-refractivity contribution in [1.82, 2.24) is 9.03 Å². The molecule has 0 radical (unpaired) electrons. The third kappa shape index (κ3) is 5.57. The number of benzene rings is 2. The second-order valence-corrected chi connectivity index (χ2v) is 10.9. The monoisotopic (exact) mass is 468 g/mol. The number of piperidine rings is 1. The van der Waals surface area contributed by atoms with Gasteiger partial charge in [0.2, 0.25) is 20.0 Å². The topological polar surface area (TPSA) is 102 Å². The number of methoxy groups -OCH3 is 2. The fourth-order valence-electron chi connectivity index (χ4n) is 3.48. The molecule has 1 heterocycles. The molecule has 0 atom stereocenters. The molecule has 10 heteroatoms. The number of sulfonamides is 2. The highest BCUT2D eigenvalue weighted by molar-refractivity contribution is 7.89. The van der Waals surface area contributed by atoms with Gasteiger partial charge in [-0.15, -0.1) is 0 Å². The van der Waals surface area contributed by atoms with Gasteiger partial charge in [-0.3, -0.25) is 0 Å². The Kier molecular flexibility index (Phi) is 7.58. The Morgan fingerprint density at radius 1 is 0.903 bits per heavy atom. The molecule has 8 nitrogen and oxygen atoms in total. The van der Waals surface area contributed by atoms with Crippen LogP contribution in [0.25, 0.3) is 0 Å². The maximum Gasteiger partial charge on any atom is 0.244 e. The van der Waals surface area contributed by atoms with E-state index in [0.29, 0.717) is 25.3 Å². The Bertz CT molecular complexity index is 1090. The zero-order valence-electron chi connectivity index (χ0n) is 17.7. The van der Waals surface area contributed by atoms with Crippen molar-refractivity contribution in [2.45, 2.75) is 35.5 Å². The molecule has 1 N–H and O–H groups in total. The van der Waals surface area contributed by atoms with E-state index in [0.717, 1.165) is 24.8 Å². The summed E-state index contributed by atoms with van der Waals surface area (Å²) in [6, 6.07) is 11.2. The van der Waals surface area contributed by atoms with E-state index in [1.807, 2.05) is 0 Å². The fraction of sp³-hybridized carbons (Fsp3) is 0.429. The van der Waals surface area contributed by atoms with E-state index in [4.69, 9.17) is 9.47 Å². The molecule has 1 fully saturated rings. The predicted molar refractivity (Wildman–Crippen MR) is 117 cm³/mol. The number of hydrogen-bond donors (Lipinski definition) is 1. The van der Waals surface area contributed by atoms with Crippen molar-refractivity contribution in [2.75, 3.05) is 33.9 Å². The van der Waals surface area contributed by atoms with E-state index in [1.165, 1.54) is 30.7 Å². The summed E-state index contributed by atoms with van der Waals surface area (Å²) in [5.74, 6) is 0.632. The Labute approximate surface area is 184 Å². The molecule has 2 aromatic carbocycles. The zero-order valence-corrected chi connectivity index (χ0v) is 19.3. The zero-order chi connectivity index (χ0) is 22.5. The first-order valence-electron chi connectivity index (χ1n) is 10.1. The minimum absolute atomic E-state index is 0.00248. The summed E-state index contributed by atoms with van der Waals surface area (Å²) in [5.41, 5.74) is 0.831. The highest BCUT2D eigenvalue weighted by atomic mass is 32.2. The largest absolute Gasteiger partial charge is 0.497 e. The van der Waals surface area contributed by atoms with Crippen LogP contribution in [-0.2, 0) is 26.5 Å². The van der Waals surface area contributed by atoms with Crippen molar-refractivity contribution >= 4 is 20.0 Å². The predicted octanol–water partition coefficient (Wildman–Crippen LogP) is 2.40. The molecule has 0 amide bonds. The van der Waals surface area contributed by atoms with Crippen LogP contribution >= 0.6 is 0 Å². The van der Waals surface area contributed by atoms with E-state index in [-0.39, 0.29) is 22.1 Å². The molecule has 0 spiro atoms. The Morgan fingerprint density at radius 3 is 2.19 bits per heavy atom. The first kappa shape index (κ1) is 23.5. The molecular weight excluding hydrogens is 440 g/mol. The van der Waals surface area contributed by atoms with Gasteiger partial charge in [-0.2, -0.15) is 4.31 Å². The third-order valence-electron chi connectivity index (χ3n) is 5.24. The van der Waals surface area contributed by atoms with Crippen molar-refractivity contribution in [3.63, 3.8) is 0 Å². The lowest BCUT2D eigenvalue weighted by atomic mass is 10.2. The molecule has 1 aliphatic heterocycles. The lowest BCUT2D eigenvalue weighted by molar-refractivity contribution is 0.346. The Hall–Kier alpha value is -2.14. The lowest BCUT2D eigenvalue weighted by Crippen LogP contribution is -2.35. The summed E-state index contributed by atoms with van der Waals surface area (Å²) in [6.45, 7) is 1.26. The molecule has 0 bridgehead atoms. The number of ether oxygens (including phenoxy) is 2. The Morgan fingerprint density at radius 2 is 1.58 bits per heavy atom. The molecule has 1 saturated heterocycles. The number of nitrogens with zero attached hydrogens (tertiary/aromatic N) is 1. The van der Waals surface area contributed by atoms with Crippen LogP contribution in [0, 0.1) is 0 Å². The maximum atomic E-state index is 12.7. The van der Waals surface area contributed by atoms with Crippen LogP contribution in [0.3, 0.4) is 0 Å².